The minimum Gasteiger partial charge on any atom is -0.490 e. The predicted molar refractivity (Wildman–Crippen MR) is 147 cm³/mol. The van der Waals surface area contributed by atoms with Crippen molar-refractivity contribution >= 4 is 0 Å². The molecule has 2 aliphatic rings. The first kappa shape index (κ1) is 26.1. The molecule has 0 bridgehead atoms. The fraction of sp³-hybridized carbons (Fsp3) is 0.290. The Labute approximate surface area is 227 Å². The fourth-order valence-electron chi connectivity index (χ4n) is 5.24. The lowest BCUT2D eigenvalue weighted by Crippen LogP contribution is -2.06. The zero-order valence-corrected chi connectivity index (χ0v) is 22.0. The number of nitriles is 2. The maximum atomic E-state index is 9.41. The Bertz CT molecular complexity index is 1590. The van der Waals surface area contributed by atoms with Crippen molar-refractivity contribution in [2.75, 3.05) is 0 Å². The SMILES string of the molecule is CC(C)Oc1ccc(-c2nc(-c3cccc4c3CCC4N)no2)cc1C#N.N#Cc1cccc2c1CCC2N. The van der Waals surface area contributed by atoms with Gasteiger partial charge in [0, 0.05) is 23.2 Å². The van der Waals surface area contributed by atoms with Crippen molar-refractivity contribution < 1.29 is 9.26 Å². The van der Waals surface area contributed by atoms with Gasteiger partial charge in [0.25, 0.3) is 5.89 Å². The van der Waals surface area contributed by atoms with Crippen molar-refractivity contribution in [3.8, 4) is 40.7 Å². The molecular weight excluding hydrogens is 488 g/mol. The van der Waals surface area contributed by atoms with Gasteiger partial charge in [-0.15, -0.1) is 0 Å². The maximum absolute atomic E-state index is 9.41. The average Bonchev–Trinajstić information content (AvgIpc) is 3.68. The lowest BCUT2D eigenvalue weighted by atomic mass is 10.0. The number of hydrogen-bond donors (Lipinski definition) is 2. The van der Waals surface area contributed by atoms with Crippen molar-refractivity contribution in [2.45, 2.75) is 57.7 Å². The van der Waals surface area contributed by atoms with E-state index >= 15 is 0 Å². The molecule has 0 spiro atoms. The van der Waals surface area contributed by atoms with Crippen LogP contribution in [0.5, 0.6) is 5.75 Å². The topological polar surface area (TPSA) is 148 Å². The van der Waals surface area contributed by atoms with E-state index < -0.39 is 0 Å². The molecule has 3 aromatic carbocycles. The summed E-state index contributed by atoms with van der Waals surface area (Å²) >= 11 is 0. The number of rotatable bonds is 4. The van der Waals surface area contributed by atoms with Crippen LogP contribution in [0.15, 0.2) is 59.1 Å². The summed E-state index contributed by atoms with van der Waals surface area (Å²) in [6, 6.07) is 21.7. The van der Waals surface area contributed by atoms with Gasteiger partial charge in [-0.2, -0.15) is 15.5 Å². The van der Waals surface area contributed by atoms with Crippen LogP contribution in [0.2, 0.25) is 0 Å². The van der Waals surface area contributed by atoms with Crippen molar-refractivity contribution in [1.29, 1.82) is 10.5 Å². The third kappa shape index (κ3) is 5.26. The second-order valence-corrected chi connectivity index (χ2v) is 10.1. The van der Waals surface area contributed by atoms with Gasteiger partial charge in [-0.25, -0.2) is 0 Å². The molecule has 0 saturated heterocycles. The van der Waals surface area contributed by atoms with E-state index in [-0.39, 0.29) is 18.2 Å². The summed E-state index contributed by atoms with van der Waals surface area (Å²) in [6.07, 6.45) is 3.77. The van der Waals surface area contributed by atoms with Crippen LogP contribution in [0.4, 0.5) is 0 Å². The molecule has 8 heteroatoms. The van der Waals surface area contributed by atoms with Crippen molar-refractivity contribution in [3.63, 3.8) is 0 Å². The molecule has 6 rings (SSSR count). The smallest absolute Gasteiger partial charge is 0.258 e. The predicted octanol–water partition coefficient (Wildman–Crippen LogP) is 5.51. The van der Waals surface area contributed by atoms with Gasteiger partial charge in [0.1, 0.15) is 11.8 Å². The highest BCUT2D eigenvalue weighted by atomic mass is 16.5. The summed E-state index contributed by atoms with van der Waals surface area (Å²) < 4.78 is 11.1. The van der Waals surface area contributed by atoms with Crippen LogP contribution in [0, 0.1) is 22.7 Å². The summed E-state index contributed by atoms with van der Waals surface area (Å²) in [5, 5.41) is 22.4. The van der Waals surface area contributed by atoms with Crippen molar-refractivity contribution in [1.82, 2.24) is 10.1 Å². The molecular formula is C31H30N6O2. The monoisotopic (exact) mass is 518 g/mol. The van der Waals surface area contributed by atoms with Crippen LogP contribution in [0.25, 0.3) is 22.8 Å². The lowest BCUT2D eigenvalue weighted by Gasteiger charge is -2.11. The van der Waals surface area contributed by atoms with Gasteiger partial charge in [-0.05, 0) is 86.1 Å². The number of benzene rings is 3. The molecule has 8 nitrogen and oxygen atoms in total. The molecule has 2 unspecified atom stereocenters. The van der Waals surface area contributed by atoms with Gasteiger partial charge in [0.15, 0.2) is 0 Å². The molecule has 0 radical (unpaired) electrons. The van der Waals surface area contributed by atoms with Gasteiger partial charge < -0.3 is 20.7 Å². The zero-order valence-electron chi connectivity index (χ0n) is 22.0. The Hall–Kier alpha value is -4.50. The third-order valence-electron chi connectivity index (χ3n) is 7.13. The maximum Gasteiger partial charge on any atom is 0.258 e. The highest BCUT2D eigenvalue weighted by molar-refractivity contribution is 5.67. The van der Waals surface area contributed by atoms with Crippen molar-refractivity contribution in [3.05, 3.63) is 88.0 Å². The Balaban J connectivity index is 0.000000214. The Morgan fingerprint density at radius 1 is 0.897 bits per heavy atom. The summed E-state index contributed by atoms with van der Waals surface area (Å²) in [4.78, 5) is 4.55. The summed E-state index contributed by atoms with van der Waals surface area (Å²) in [6.45, 7) is 3.84. The molecule has 2 atom stereocenters. The van der Waals surface area contributed by atoms with Gasteiger partial charge in [0.2, 0.25) is 5.82 Å². The highest BCUT2D eigenvalue weighted by Crippen LogP contribution is 2.36. The molecule has 1 aromatic heterocycles. The summed E-state index contributed by atoms with van der Waals surface area (Å²) in [5.41, 5.74) is 19.6. The summed E-state index contributed by atoms with van der Waals surface area (Å²) in [7, 11) is 0. The van der Waals surface area contributed by atoms with E-state index in [0.29, 0.717) is 28.6 Å². The van der Waals surface area contributed by atoms with E-state index in [1.807, 2.05) is 50.2 Å². The second kappa shape index (κ2) is 11.1. The molecule has 196 valence electrons. The van der Waals surface area contributed by atoms with E-state index in [1.54, 1.807) is 12.1 Å². The number of ether oxygens (including phenoxy) is 1. The van der Waals surface area contributed by atoms with Gasteiger partial charge in [-0.1, -0.05) is 35.5 Å². The minimum absolute atomic E-state index is 0.00972. The molecule has 2 aliphatic carbocycles. The standard InChI is InChI=1S/C21H20N4O2.C10H10N2/c1-12(2)26-19-9-6-13(10-14(19)11-22)21-24-20(25-27-21)17-5-3-4-16-15(17)7-8-18(16)23;11-6-7-2-1-3-9-8(7)4-5-10(9)12/h3-6,9-10,12,18H,7-8,23H2,1-2H3;1-3,10H,4-5,12H2. The molecule has 39 heavy (non-hydrogen) atoms. The second-order valence-electron chi connectivity index (χ2n) is 10.1. The Kier molecular flexibility index (Phi) is 7.42. The Morgan fingerprint density at radius 2 is 1.56 bits per heavy atom. The third-order valence-corrected chi connectivity index (χ3v) is 7.13. The fourth-order valence-corrected chi connectivity index (χ4v) is 5.24. The first-order chi connectivity index (χ1) is 18.9. The lowest BCUT2D eigenvalue weighted by molar-refractivity contribution is 0.241. The number of nitrogens with two attached hydrogens (primary N) is 2. The van der Waals surface area contributed by atoms with E-state index in [2.05, 4.69) is 28.3 Å². The zero-order chi connectivity index (χ0) is 27.5. The summed E-state index contributed by atoms with van der Waals surface area (Å²) in [5.74, 6) is 1.46. The molecule has 0 aliphatic heterocycles. The van der Waals surface area contributed by atoms with E-state index in [1.165, 1.54) is 5.56 Å². The molecule has 0 amide bonds. The van der Waals surface area contributed by atoms with Crippen LogP contribution in [-0.2, 0) is 12.8 Å². The number of fused-ring (bicyclic) bond motifs is 2. The van der Waals surface area contributed by atoms with Crippen LogP contribution in [0.3, 0.4) is 0 Å². The van der Waals surface area contributed by atoms with E-state index in [9.17, 15) is 5.26 Å². The van der Waals surface area contributed by atoms with E-state index in [0.717, 1.165) is 53.5 Å². The molecule has 4 aromatic rings. The minimum atomic E-state index is -0.00972. The number of hydrogen-bond acceptors (Lipinski definition) is 8. The molecule has 0 fully saturated rings. The largest absolute Gasteiger partial charge is 0.490 e. The molecule has 4 N–H and O–H groups in total. The Morgan fingerprint density at radius 3 is 2.26 bits per heavy atom. The molecule has 0 saturated carbocycles. The highest BCUT2D eigenvalue weighted by Gasteiger charge is 2.24. The van der Waals surface area contributed by atoms with Crippen LogP contribution < -0.4 is 16.2 Å². The van der Waals surface area contributed by atoms with E-state index in [4.69, 9.17) is 26.0 Å². The first-order valence-corrected chi connectivity index (χ1v) is 13.1. The first-order valence-electron chi connectivity index (χ1n) is 13.1. The van der Waals surface area contributed by atoms with Crippen LogP contribution >= 0.6 is 0 Å². The van der Waals surface area contributed by atoms with Gasteiger partial charge in [-0.3, -0.25) is 0 Å². The van der Waals surface area contributed by atoms with Crippen molar-refractivity contribution in [2.24, 2.45) is 11.5 Å². The van der Waals surface area contributed by atoms with Gasteiger partial charge >= 0.3 is 0 Å². The number of aromatic nitrogens is 2. The van der Waals surface area contributed by atoms with Crippen LogP contribution in [-0.4, -0.2) is 16.2 Å². The molecule has 1 heterocycles. The average molecular weight is 519 g/mol. The quantitative estimate of drug-likeness (QED) is 0.359. The van der Waals surface area contributed by atoms with Crippen LogP contribution in [0.1, 0.15) is 72.2 Å². The normalized spacial score (nSPS) is 17.0. The van der Waals surface area contributed by atoms with Gasteiger partial charge in [0.05, 0.1) is 23.3 Å². The number of nitrogens with zero attached hydrogens (tertiary/aromatic N) is 4.